The third-order valence-corrected chi connectivity index (χ3v) is 10.9. The molecule has 2 N–H and O–H groups in total. The van der Waals surface area contributed by atoms with E-state index in [1.165, 1.54) is 29.2 Å². The highest BCUT2D eigenvalue weighted by atomic mass is 16.5. The van der Waals surface area contributed by atoms with Crippen molar-refractivity contribution in [2.45, 2.75) is 55.3 Å². The van der Waals surface area contributed by atoms with Gasteiger partial charge in [-0.3, -0.25) is 9.69 Å². The Hall–Kier alpha value is -3.93. The molecule has 3 aliphatic carbocycles. The second-order valence-corrected chi connectivity index (χ2v) is 13.1. The molecule has 210 valence electrons. The number of nitrogens with zero attached hydrogens (tertiary/aromatic N) is 1. The Morgan fingerprint density at radius 1 is 0.976 bits per heavy atom. The van der Waals surface area contributed by atoms with E-state index in [4.69, 9.17) is 4.74 Å². The Morgan fingerprint density at radius 3 is 2.62 bits per heavy atom. The van der Waals surface area contributed by atoms with Gasteiger partial charge >= 0.3 is 0 Å². The highest BCUT2D eigenvalue weighted by Crippen LogP contribution is 2.65. The molecule has 0 amide bonds. The first-order chi connectivity index (χ1) is 20.5. The molecule has 4 atom stereocenters. The molecule has 2 heterocycles. The number of carbonyl (C=O) groups excluding carboxylic acids is 1. The molecule has 0 aromatic heterocycles. The molecule has 1 saturated heterocycles. The zero-order valence-electron chi connectivity index (χ0n) is 23.4. The molecule has 4 aromatic carbocycles. The van der Waals surface area contributed by atoms with E-state index in [1.807, 2.05) is 12.1 Å². The molecular weight excluding hydrogens is 522 g/mol. The van der Waals surface area contributed by atoms with Crippen molar-refractivity contribution in [1.29, 1.82) is 0 Å². The van der Waals surface area contributed by atoms with E-state index in [2.05, 4.69) is 71.6 Å². The van der Waals surface area contributed by atoms with Gasteiger partial charge in [0.05, 0.1) is 11.0 Å². The molecule has 3 fully saturated rings. The van der Waals surface area contributed by atoms with Crippen molar-refractivity contribution in [2.24, 2.45) is 5.92 Å². The maximum absolute atomic E-state index is 14.2. The van der Waals surface area contributed by atoms with Crippen LogP contribution in [0, 0.1) is 5.92 Å². The molecule has 2 saturated carbocycles. The SMILES string of the molecule is O=C1/C(=C\c2ccc(-c3cccc4ccccc34)cc2)C[C@@]2(O)C3Cc4ccc(O)c5c4C2(CCN3CC2CC2)[C@H]1O5. The number of hydrogen-bond donors (Lipinski definition) is 2. The van der Waals surface area contributed by atoms with Crippen LogP contribution >= 0.6 is 0 Å². The number of rotatable bonds is 4. The molecule has 42 heavy (non-hydrogen) atoms. The quantitative estimate of drug-likeness (QED) is 0.301. The molecule has 2 bridgehead atoms. The van der Waals surface area contributed by atoms with Crippen LogP contribution in [-0.4, -0.2) is 51.7 Å². The van der Waals surface area contributed by atoms with Gasteiger partial charge in [-0.25, -0.2) is 0 Å². The maximum Gasteiger partial charge on any atom is 0.200 e. The molecule has 2 aliphatic heterocycles. The summed E-state index contributed by atoms with van der Waals surface area (Å²) >= 11 is 0. The average molecular weight is 556 g/mol. The van der Waals surface area contributed by atoms with Crippen LogP contribution in [0.5, 0.6) is 11.5 Å². The van der Waals surface area contributed by atoms with Crippen LogP contribution in [0.15, 0.2) is 84.4 Å². The fraction of sp³-hybridized carbons (Fsp3) is 0.324. The number of piperidine rings is 1. The molecule has 9 rings (SSSR count). The predicted molar refractivity (Wildman–Crippen MR) is 163 cm³/mol. The number of likely N-dealkylation sites (tertiary alicyclic amines) is 1. The first kappa shape index (κ1) is 24.6. The summed E-state index contributed by atoms with van der Waals surface area (Å²) in [6, 6.07) is 26.6. The van der Waals surface area contributed by atoms with Gasteiger partial charge in [-0.2, -0.15) is 0 Å². The lowest BCUT2D eigenvalue weighted by atomic mass is 9.48. The molecule has 5 aliphatic rings. The Bertz CT molecular complexity index is 1820. The minimum atomic E-state index is -1.15. The van der Waals surface area contributed by atoms with Crippen molar-refractivity contribution in [1.82, 2.24) is 4.90 Å². The summed E-state index contributed by atoms with van der Waals surface area (Å²) < 4.78 is 6.38. The largest absolute Gasteiger partial charge is 0.504 e. The van der Waals surface area contributed by atoms with Gasteiger partial charge in [-0.05, 0) is 83.3 Å². The number of Topliss-reactive ketones (excluding diaryl/α,β-unsaturated/α-hetero) is 1. The fourth-order valence-corrected chi connectivity index (χ4v) is 8.75. The van der Waals surface area contributed by atoms with Crippen LogP contribution in [0.3, 0.4) is 0 Å². The average Bonchev–Trinajstić information content (AvgIpc) is 3.75. The predicted octanol–water partition coefficient (Wildman–Crippen LogP) is 6.04. The second-order valence-electron chi connectivity index (χ2n) is 13.1. The van der Waals surface area contributed by atoms with Crippen LogP contribution in [0.1, 0.15) is 42.4 Å². The Kier molecular flexibility index (Phi) is 5.02. The Balaban J connectivity index is 1.12. The number of carbonyl (C=O) groups is 1. The molecule has 0 radical (unpaired) electrons. The van der Waals surface area contributed by atoms with Crippen molar-refractivity contribution in [3.05, 3.63) is 101 Å². The highest BCUT2D eigenvalue weighted by Gasteiger charge is 2.74. The molecule has 5 nitrogen and oxygen atoms in total. The summed E-state index contributed by atoms with van der Waals surface area (Å²) in [7, 11) is 0. The maximum atomic E-state index is 14.2. The van der Waals surface area contributed by atoms with E-state index in [0.29, 0.717) is 30.1 Å². The van der Waals surface area contributed by atoms with Gasteiger partial charge in [0.2, 0.25) is 0 Å². The number of benzene rings is 4. The number of aliphatic hydroxyl groups is 1. The highest BCUT2D eigenvalue weighted by molar-refractivity contribution is 6.06. The van der Waals surface area contributed by atoms with Gasteiger partial charge in [0.25, 0.3) is 0 Å². The number of fused-ring (bicyclic) bond motifs is 1. The van der Waals surface area contributed by atoms with Gasteiger partial charge in [-0.15, -0.1) is 0 Å². The summed E-state index contributed by atoms with van der Waals surface area (Å²) in [5, 5.41) is 26.1. The van der Waals surface area contributed by atoms with Gasteiger partial charge < -0.3 is 14.9 Å². The third kappa shape index (κ3) is 3.24. The first-order valence-corrected chi connectivity index (χ1v) is 15.3. The normalized spacial score (nSPS) is 30.4. The van der Waals surface area contributed by atoms with E-state index in [0.717, 1.165) is 35.3 Å². The van der Waals surface area contributed by atoms with Crippen LogP contribution in [0.25, 0.3) is 28.0 Å². The monoisotopic (exact) mass is 555 g/mol. The van der Waals surface area contributed by atoms with Gasteiger partial charge in [0.1, 0.15) is 0 Å². The van der Waals surface area contributed by atoms with E-state index < -0.39 is 17.1 Å². The summed E-state index contributed by atoms with van der Waals surface area (Å²) in [5.41, 5.74) is 3.83. The standard InChI is InChI=1S/C37H33NO4/c39-30-15-14-26-19-31-37(41)20-27(18-22-10-12-25(13-11-22)29-7-3-5-24-4-1-2-6-28(24)29)33(40)35-36(37,32(26)34(30)42-35)16-17-38(31)21-23-8-9-23/h1-7,10-15,18,23,31,35,39,41H,8-9,16-17,19-21H2/b27-18-/t31?,35-,36?,37+/m0/s1. The minimum Gasteiger partial charge on any atom is -0.504 e. The zero-order chi connectivity index (χ0) is 28.2. The number of ether oxygens (including phenoxy) is 1. The Morgan fingerprint density at radius 2 is 1.79 bits per heavy atom. The molecule has 1 spiro atoms. The van der Waals surface area contributed by atoms with E-state index in [9.17, 15) is 15.0 Å². The fourth-order valence-electron chi connectivity index (χ4n) is 8.75. The van der Waals surface area contributed by atoms with Crippen molar-refractivity contribution >= 4 is 22.6 Å². The lowest BCUT2D eigenvalue weighted by Gasteiger charge is -2.62. The number of aromatic hydroxyl groups is 1. The lowest BCUT2D eigenvalue weighted by molar-refractivity contribution is -0.179. The lowest BCUT2D eigenvalue weighted by Crippen LogP contribution is -2.77. The number of ketones is 1. The molecule has 5 heteroatoms. The molecule has 2 unspecified atom stereocenters. The van der Waals surface area contributed by atoms with Crippen LogP contribution in [0.2, 0.25) is 0 Å². The van der Waals surface area contributed by atoms with E-state index >= 15 is 0 Å². The van der Waals surface area contributed by atoms with Crippen molar-refractivity contribution in [3.63, 3.8) is 0 Å². The number of hydrogen-bond acceptors (Lipinski definition) is 5. The van der Waals surface area contributed by atoms with E-state index in [-0.39, 0.29) is 24.0 Å². The molecular formula is C37H33NO4. The topological polar surface area (TPSA) is 70.0 Å². The summed E-state index contributed by atoms with van der Waals surface area (Å²) in [6.45, 7) is 1.83. The summed E-state index contributed by atoms with van der Waals surface area (Å²) in [4.78, 5) is 16.7. The summed E-state index contributed by atoms with van der Waals surface area (Å²) in [6.07, 6.45) is 5.27. The third-order valence-electron chi connectivity index (χ3n) is 10.9. The van der Waals surface area contributed by atoms with Crippen LogP contribution < -0.4 is 4.74 Å². The summed E-state index contributed by atoms with van der Waals surface area (Å²) in [5.74, 6) is 1.09. The van der Waals surface area contributed by atoms with Crippen LogP contribution in [0.4, 0.5) is 0 Å². The zero-order valence-corrected chi connectivity index (χ0v) is 23.4. The van der Waals surface area contributed by atoms with Crippen molar-refractivity contribution in [3.8, 4) is 22.6 Å². The first-order valence-electron chi connectivity index (χ1n) is 15.3. The molecule has 4 aromatic rings. The van der Waals surface area contributed by atoms with Crippen LogP contribution in [-0.2, 0) is 16.6 Å². The van der Waals surface area contributed by atoms with E-state index in [1.54, 1.807) is 6.07 Å². The van der Waals surface area contributed by atoms with Crippen molar-refractivity contribution in [2.75, 3.05) is 13.1 Å². The van der Waals surface area contributed by atoms with Crippen molar-refractivity contribution < 1.29 is 19.7 Å². The smallest absolute Gasteiger partial charge is 0.200 e. The number of phenolic OH excluding ortho intramolecular Hbond substituents is 1. The van der Waals surface area contributed by atoms with Gasteiger partial charge in [-0.1, -0.05) is 72.8 Å². The number of phenols is 1. The second kappa shape index (κ2) is 8.56. The Labute approximate surface area is 245 Å². The minimum absolute atomic E-state index is 0.0566. The van der Waals surface area contributed by atoms with Gasteiger partial charge in [0, 0.05) is 30.1 Å². The van der Waals surface area contributed by atoms with Gasteiger partial charge in [0.15, 0.2) is 23.4 Å².